The van der Waals surface area contributed by atoms with E-state index in [1.54, 1.807) is 14.0 Å². The Labute approximate surface area is 144 Å². The molecular weight excluding hydrogens is 324 g/mol. The fourth-order valence-electron chi connectivity index (χ4n) is 2.54. The lowest BCUT2D eigenvalue weighted by molar-refractivity contribution is 0.0973. The van der Waals surface area contributed by atoms with Gasteiger partial charge < -0.3 is 15.8 Å². The lowest BCUT2D eigenvalue weighted by Crippen LogP contribution is -2.43. The average Bonchev–Trinajstić information content (AvgIpc) is 2.59. The molecule has 0 bridgehead atoms. The van der Waals surface area contributed by atoms with Gasteiger partial charge in [-0.1, -0.05) is 12.1 Å². The van der Waals surface area contributed by atoms with Crippen LogP contribution in [0, 0.1) is 0 Å². The molecule has 1 heterocycles. The molecule has 0 amide bonds. The first kappa shape index (κ1) is 18.5. The van der Waals surface area contributed by atoms with Gasteiger partial charge >= 0.3 is 5.69 Å². The van der Waals surface area contributed by atoms with E-state index >= 15 is 0 Å². The number of benzene rings is 1. The number of anilines is 2. The van der Waals surface area contributed by atoms with Gasteiger partial charge in [0.1, 0.15) is 11.4 Å². The van der Waals surface area contributed by atoms with Crippen molar-refractivity contribution in [1.29, 1.82) is 0 Å². The van der Waals surface area contributed by atoms with Crippen molar-refractivity contribution >= 4 is 17.3 Å². The molecule has 2 aromatic rings. The smallest absolute Gasteiger partial charge is 0.332 e. The van der Waals surface area contributed by atoms with E-state index in [0.29, 0.717) is 6.61 Å². The van der Waals surface area contributed by atoms with Gasteiger partial charge in [-0.3, -0.25) is 18.7 Å². The molecule has 2 rings (SSSR count). The topological polar surface area (TPSA) is 108 Å². The standard InChI is InChI=1S/C17H22N4O4/c1-10(19-12-7-5-6-11(8-12)9-25-4)14(22)13-15(18)20(2)17(24)21(3)16(13)23/h5-8,10,19H,9,18H2,1-4H3. The number of Topliss-reactive ketones (excluding diaryl/α,β-unsaturated/α-hetero) is 1. The van der Waals surface area contributed by atoms with Gasteiger partial charge in [0, 0.05) is 26.9 Å². The summed E-state index contributed by atoms with van der Waals surface area (Å²) < 4.78 is 7.04. The number of aromatic nitrogens is 2. The summed E-state index contributed by atoms with van der Waals surface area (Å²) in [6.45, 7) is 2.08. The predicted octanol–water partition coefficient (Wildman–Crippen LogP) is 0.496. The molecule has 0 radical (unpaired) electrons. The lowest BCUT2D eigenvalue weighted by atomic mass is 10.1. The Morgan fingerprint density at radius 1 is 1.28 bits per heavy atom. The van der Waals surface area contributed by atoms with Crippen LogP contribution in [0.25, 0.3) is 0 Å². The second-order valence-corrected chi connectivity index (χ2v) is 5.83. The number of nitrogens with two attached hydrogens (primary N) is 1. The van der Waals surface area contributed by atoms with E-state index in [1.807, 2.05) is 24.3 Å². The number of ether oxygens (including phenoxy) is 1. The highest BCUT2D eigenvalue weighted by atomic mass is 16.5. The SMILES string of the molecule is COCc1cccc(NC(C)C(=O)c2c(N)n(C)c(=O)n(C)c2=O)c1. The third-order valence-electron chi connectivity index (χ3n) is 3.97. The van der Waals surface area contributed by atoms with Crippen molar-refractivity contribution in [3.63, 3.8) is 0 Å². The van der Waals surface area contributed by atoms with E-state index in [4.69, 9.17) is 10.5 Å². The van der Waals surface area contributed by atoms with Crippen molar-refractivity contribution in [2.75, 3.05) is 18.2 Å². The molecule has 1 aromatic heterocycles. The molecule has 3 N–H and O–H groups in total. The van der Waals surface area contributed by atoms with Crippen molar-refractivity contribution in [2.45, 2.75) is 19.6 Å². The van der Waals surface area contributed by atoms with E-state index in [9.17, 15) is 14.4 Å². The third kappa shape index (κ3) is 3.63. The zero-order chi connectivity index (χ0) is 18.7. The van der Waals surface area contributed by atoms with Crippen LogP contribution in [0.2, 0.25) is 0 Å². The molecule has 1 atom stereocenters. The fraction of sp³-hybridized carbons (Fsp3) is 0.353. The number of carbonyl (C=O) groups is 1. The molecule has 8 nitrogen and oxygen atoms in total. The van der Waals surface area contributed by atoms with Crippen LogP contribution < -0.4 is 22.3 Å². The Morgan fingerprint density at radius 2 is 1.96 bits per heavy atom. The number of carbonyl (C=O) groups excluding carboxylic acids is 1. The van der Waals surface area contributed by atoms with Crippen LogP contribution in [0.5, 0.6) is 0 Å². The number of hydrogen-bond acceptors (Lipinski definition) is 6. The fourth-order valence-corrected chi connectivity index (χ4v) is 2.54. The highest BCUT2D eigenvalue weighted by Gasteiger charge is 2.24. The predicted molar refractivity (Wildman–Crippen MR) is 95.9 cm³/mol. The summed E-state index contributed by atoms with van der Waals surface area (Å²) in [4.78, 5) is 36.9. The van der Waals surface area contributed by atoms with Gasteiger partial charge in [-0.25, -0.2) is 4.79 Å². The number of nitrogens with zero attached hydrogens (tertiary/aromatic N) is 2. The molecule has 1 aromatic carbocycles. The molecule has 0 saturated heterocycles. The Morgan fingerprint density at radius 3 is 2.60 bits per heavy atom. The molecular formula is C17H22N4O4. The quantitative estimate of drug-likeness (QED) is 0.737. The van der Waals surface area contributed by atoms with Crippen LogP contribution in [0.1, 0.15) is 22.8 Å². The Bertz CT molecular complexity index is 914. The maximum absolute atomic E-state index is 12.7. The van der Waals surface area contributed by atoms with Crippen LogP contribution in [0.3, 0.4) is 0 Å². The highest BCUT2D eigenvalue weighted by Crippen LogP contribution is 2.15. The molecule has 0 fully saturated rings. The number of nitrogen functional groups attached to an aromatic ring is 1. The van der Waals surface area contributed by atoms with Crippen molar-refractivity contribution in [2.24, 2.45) is 14.1 Å². The summed E-state index contributed by atoms with van der Waals surface area (Å²) in [5.74, 6) is -0.620. The molecule has 1 unspecified atom stereocenters. The minimum absolute atomic E-state index is 0.139. The second-order valence-electron chi connectivity index (χ2n) is 5.83. The van der Waals surface area contributed by atoms with Gasteiger partial charge in [-0.15, -0.1) is 0 Å². The Balaban J connectivity index is 2.34. The van der Waals surface area contributed by atoms with E-state index in [-0.39, 0.29) is 11.4 Å². The van der Waals surface area contributed by atoms with Crippen molar-refractivity contribution in [3.05, 3.63) is 56.2 Å². The van der Waals surface area contributed by atoms with Crippen molar-refractivity contribution in [1.82, 2.24) is 9.13 Å². The van der Waals surface area contributed by atoms with Crippen LogP contribution >= 0.6 is 0 Å². The largest absolute Gasteiger partial charge is 0.384 e. The number of methoxy groups -OCH3 is 1. The van der Waals surface area contributed by atoms with Crippen LogP contribution in [0.4, 0.5) is 11.5 Å². The summed E-state index contributed by atoms with van der Waals surface area (Å²) in [6.07, 6.45) is 0. The number of ketones is 1. The first-order valence-corrected chi connectivity index (χ1v) is 7.72. The van der Waals surface area contributed by atoms with Gasteiger partial charge in [0.05, 0.1) is 12.6 Å². The first-order valence-electron chi connectivity index (χ1n) is 7.72. The highest BCUT2D eigenvalue weighted by molar-refractivity contribution is 6.04. The third-order valence-corrected chi connectivity index (χ3v) is 3.97. The van der Waals surface area contributed by atoms with Gasteiger partial charge in [0.2, 0.25) is 0 Å². The van der Waals surface area contributed by atoms with Crippen LogP contribution in [-0.2, 0) is 25.4 Å². The van der Waals surface area contributed by atoms with E-state index in [0.717, 1.165) is 20.4 Å². The van der Waals surface area contributed by atoms with Gasteiger partial charge in [-0.2, -0.15) is 0 Å². The summed E-state index contributed by atoms with van der Waals surface area (Å²) >= 11 is 0. The van der Waals surface area contributed by atoms with Crippen LogP contribution in [-0.4, -0.2) is 28.1 Å². The molecule has 0 spiro atoms. The van der Waals surface area contributed by atoms with Gasteiger partial charge in [0.25, 0.3) is 5.56 Å². The molecule has 0 aliphatic rings. The zero-order valence-corrected chi connectivity index (χ0v) is 14.7. The normalized spacial score (nSPS) is 12.0. The van der Waals surface area contributed by atoms with Crippen molar-refractivity contribution < 1.29 is 9.53 Å². The molecule has 0 aliphatic heterocycles. The molecule has 134 valence electrons. The van der Waals surface area contributed by atoms with Crippen LogP contribution in [0.15, 0.2) is 33.9 Å². The molecule has 0 aliphatic carbocycles. The van der Waals surface area contributed by atoms with E-state index in [2.05, 4.69) is 5.32 Å². The van der Waals surface area contributed by atoms with Crippen molar-refractivity contribution in [3.8, 4) is 0 Å². The number of rotatable bonds is 6. The van der Waals surface area contributed by atoms with Gasteiger partial charge in [0.15, 0.2) is 5.78 Å². The number of nitrogens with one attached hydrogen (secondary N) is 1. The minimum atomic E-state index is -0.703. The molecule has 8 heteroatoms. The monoisotopic (exact) mass is 346 g/mol. The summed E-state index contributed by atoms with van der Waals surface area (Å²) in [7, 11) is 4.33. The van der Waals surface area contributed by atoms with Gasteiger partial charge in [-0.05, 0) is 24.6 Å². The minimum Gasteiger partial charge on any atom is -0.384 e. The number of hydrogen-bond donors (Lipinski definition) is 2. The summed E-state index contributed by atoms with van der Waals surface area (Å²) in [5, 5.41) is 3.05. The maximum Gasteiger partial charge on any atom is 0.332 e. The summed E-state index contributed by atoms with van der Waals surface area (Å²) in [5.41, 5.74) is 6.03. The summed E-state index contributed by atoms with van der Waals surface area (Å²) in [6, 6.07) is 6.71. The lowest BCUT2D eigenvalue weighted by Gasteiger charge is -2.17. The Kier molecular flexibility index (Phi) is 5.43. The van der Waals surface area contributed by atoms with E-state index in [1.165, 1.54) is 14.1 Å². The first-order chi connectivity index (χ1) is 11.8. The average molecular weight is 346 g/mol. The second kappa shape index (κ2) is 7.35. The zero-order valence-electron chi connectivity index (χ0n) is 14.7. The molecule has 0 saturated carbocycles. The Hall–Kier alpha value is -2.87. The molecule has 25 heavy (non-hydrogen) atoms. The maximum atomic E-state index is 12.7. The van der Waals surface area contributed by atoms with E-state index < -0.39 is 23.1 Å².